The molecule has 0 aromatic carbocycles. The molecule has 114 valence electrons. The maximum atomic E-state index is 12.3. The van der Waals surface area contributed by atoms with E-state index in [1.54, 1.807) is 12.1 Å². The Hall–Kier alpha value is -1.65. The largest absolute Gasteiger partial charge is 0.480 e. The van der Waals surface area contributed by atoms with Gasteiger partial charge in [-0.2, -0.15) is 9.40 Å². The van der Waals surface area contributed by atoms with Crippen molar-refractivity contribution in [1.82, 2.24) is 14.1 Å². The van der Waals surface area contributed by atoms with Crippen molar-refractivity contribution in [2.24, 2.45) is 0 Å². The number of hydrogen-bond donors (Lipinski definition) is 1. The van der Waals surface area contributed by atoms with E-state index in [-0.39, 0.29) is 11.4 Å². The van der Waals surface area contributed by atoms with Crippen LogP contribution in [0, 0.1) is 0 Å². The number of sulfonamides is 1. The Bertz CT molecular complexity index is 752. The van der Waals surface area contributed by atoms with Gasteiger partial charge in [0.05, 0.1) is 12.7 Å². The summed E-state index contributed by atoms with van der Waals surface area (Å²) in [4.78, 5) is 10.5. The van der Waals surface area contributed by atoms with Crippen molar-refractivity contribution in [1.29, 1.82) is 0 Å². The molecular formula is C11H12BrN3O5S. The minimum atomic E-state index is -3.76. The maximum Gasteiger partial charge on any atom is 0.325 e. The van der Waals surface area contributed by atoms with Crippen molar-refractivity contribution < 1.29 is 22.7 Å². The summed E-state index contributed by atoms with van der Waals surface area (Å²) in [7, 11) is -2.36. The fourth-order valence-electron chi connectivity index (χ4n) is 1.62. The molecule has 0 atom stereocenters. The maximum absolute atomic E-state index is 12.3. The third kappa shape index (κ3) is 3.71. The molecule has 0 radical (unpaired) electrons. The zero-order valence-corrected chi connectivity index (χ0v) is 13.3. The van der Waals surface area contributed by atoms with Crippen LogP contribution in [0.3, 0.4) is 0 Å². The van der Waals surface area contributed by atoms with Crippen LogP contribution < -0.4 is 0 Å². The molecule has 8 nitrogen and oxygen atoms in total. The molecular weight excluding hydrogens is 366 g/mol. The van der Waals surface area contributed by atoms with Crippen molar-refractivity contribution in [3.8, 4) is 0 Å². The molecule has 0 aliphatic heterocycles. The van der Waals surface area contributed by atoms with Gasteiger partial charge >= 0.3 is 5.97 Å². The van der Waals surface area contributed by atoms with E-state index in [4.69, 9.17) is 9.52 Å². The molecule has 0 fully saturated rings. The van der Waals surface area contributed by atoms with Gasteiger partial charge in [0.1, 0.15) is 17.2 Å². The summed E-state index contributed by atoms with van der Waals surface area (Å²) >= 11 is 3.14. The van der Waals surface area contributed by atoms with Crippen molar-refractivity contribution in [2.75, 3.05) is 7.05 Å². The van der Waals surface area contributed by atoms with Crippen molar-refractivity contribution in [3.05, 3.63) is 35.0 Å². The molecule has 1 N–H and O–H groups in total. The van der Waals surface area contributed by atoms with Gasteiger partial charge in [-0.15, -0.1) is 0 Å². The number of nitrogens with zero attached hydrogens (tertiary/aromatic N) is 3. The van der Waals surface area contributed by atoms with Gasteiger partial charge in [-0.25, -0.2) is 8.42 Å². The molecule has 2 aromatic heterocycles. The topological polar surface area (TPSA) is 106 Å². The highest BCUT2D eigenvalue weighted by Gasteiger charge is 2.24. The molecule has 0 unspecified atom stereocenters. The molecule has 10 heteroatoms. The Labute approximate surface area is 129 Å². The van der Waals surface area contributed by atoms with E-state index in [0.717, 1.165) is 15.2 Å². The Morgan fingerprint density at radius 1 is 1.52 bits per heavy atom. The van der Waals surface area contributed by atoms with Gasteiger partial charge < -0.3 is 9.52 Å². The molecule has 0 saturated carbocycles. The van der Waals surface area contributed by atoms with Gasteiger partial charge in [-0.1, -0.05) is 0 Å². The number of rotatable bonds is 6. The molecule has 0 saturated heterocycles. The summed E-state index contributed by atoms with van der Waals surface area (Å²) in [5.74, 6) is -0.623. The highest BCUT2D eigenvalue weighted by atomic mass is 79.9. The quantitative estimate of drug-likeness (QED) is 0.808. The summed E-state index contributed by atoms with van der Waals surface area (Å²) in [6, 6.07) is 3.32. The van der Waals surface area contributed by atoms with Crippen LogP contribution in [0.1, 0.15) is 5.76 Å². The normalized spacial score (nSPS) is 12.0. The first-order chi connectivity index (χ1) is 9.79. The van der Waals surface area contributed by atoms with Crippen LogP contribution in [0.2, 0.25) is 0 Å². The third-order valence-corrected chi connectivity index (χ3v) is 4.80. The van der Waals surface area contributed by atoms with Gasteiger partial charge in [0.15, 0.2) is 4.67 Å². The van der Waals surface area contributed by atoms with E-state index >= 15 is 0 Å². The van der Waals surface area contributed by atoms with Crippen LogP contribution >= 0.6 is 15.9 Å². The lowest BCUT2D eigenvalue weighted by Crippen LogP contribution is -2.26. The summed E-state index contributed by atoms with van der Waals surface area (Å²) in [6.45, 7) is -0.345. The van der Waals surface area contributed by atoms with Crippen LogP contribution in [0.15, 0.2) is 38.5 Å². The lowest BCUT2D eigenvalue weighted by atomic mass is 10.4. The second-order valence-corrected chi connectivity index (χ2v) is 7.06. The fourth-order valence-corrected chi connectivity index (χ4v) is 3.06. The third-order valence-electron chi connectivity index (χ3n) is 2.62. The number of halogens is 1. The van der Waals surface area contributed by atoms with Crippen LogP contribution in [-0.2, 0) is 27.9 Å². The van der Waals surface area contributed by atoms with Crippen LogP contribution in [0.25, 0.3) is 0 Å². The Morgan fingerprint density at radius 3 is 2.81 bits per heavy atom. The smallest absolute Gasteiger partial charge is 0.325 e. The monoisotopic (exact) mass is 377 g/mol. The molecule has 2 rings (SSSR count). The van der Waals surface area contributed by atoms with E-state index in [1.807, 2.05) is 0 Å². The average Bonchev–Trinajstić information content (AvgIpc) is 2.98. The van der Waals surface area contributed by atoms with Gasteiger partial charge in [0, 0.05) is 13.2 Å². The van der Waals surface area contributed by atoms with Crippen LogP contribution in [-0.4, -0.2) is 40.6 Å². The molecule has 0 amide bonds. The number of furan rings is 1. The number of carbonyl (C=O) groups is 1. The highest BCUT2D eigenvalue weighted by molar-refractivity contribution is 9.10. The SMILES string of the molecule is CN(Cc1ccc(Br)o1)S(=O)(=O)c1cnn(CC(=O)O)c1. The zero-order valence-electron chi connectivity index (χ0n) is 10.9. The first-order valence-electron chi connectivity index (χ1n) is 5.74. The lowest BCUT2D eigenvalue weighted by Gasteiger charge is -2.14. The molecule has 0 bridgehead atoms. The molecule has 0 aliphatic rings. The zero-order chi connectivity index (χ0) is 15.6. The van der Waals surface area contributed by atoms with E-state index < -0.39 is 22.5 Å². The molecule has 21 heavy (non-hydrogen) atoms. The van der Waals surface area contributed by atoms with E-state index in [2.05, 4.69) is 21.0 Å². The molecule has 2 heterocycles. The summed E-state index contributed by atoms with van der Waals surface area (Å²) < 4.78 is 32.5. The summed E-state index contributed by atoms with van der Waals surface area (Å²) in [6.07, 6.45) is 2.30. The number of aliphatic carboxylic acids is 1. The standard InChI is InChI=1S/C11H12BrN3O5S/c1-14(5-8-2-3-10(12)20-8)21(18,19)9-4-13-15(6-9)7-11(16)17/h2-4,6H,5,7H2,1H3,(H,16,17). The average molecular weight is 378 g/mol. The molecule has 0 aliphatic carbocycles. The first-order valence-corrected chi connectivity index (χ1v) is 7.97. The van der Waals surface area contributed by atoms with Crippen LogP contribution in [0.4, 0.5) is 0 Å². The van der Waals surface area contributed by atoms with Gasteiger partial charge in [0.2, 0.25) is 10.0 Å². The first kappa shape index (κ1) is 15.7. The Morgan fingerprint density at radius 2 is 2.24 bits per heavy atom. The van der Waals surface area contributed by atoms with E-state index in [1.165, 1.54) is 13.2 Å². The highest BCUT2D eigenvalue weighted by Crippen LogP contribution is 2.19. The number of carboxylic acids is 1. The fraction of sp³-hybridized carbons (Fsp3) is 0.273. The predicted octanol–water partition coefficient (Wildman–Crippen LogP) is 1.14. The lowest BCUT2D eigenvalue weighted by molar-refractivity contribution is -0.137. The Balaban J connectivity index is 2.16. The minimum Gasteiger partial charge on any atom is -0.480 e. The summed E-state index contributed by atoms with van der Waals surface area (Å²) in [5.41, 5.74) is 0. The van der Waals surface area contributed by atoms with Gasteiger partial charge in [0.25, 0.3) is 0 Å². The van der Waals surface area contributed by atoms with Crippen molar-refractivity contribution in [2.45, 2.75) is 18.0 Å². The van der Waals surface area contributed by atoms with Crippen molar-refractivity contribution >= 4 is 31.9 Å². The van der Waals surface area contributed by atoms with Gasteiger partial charge in [-0.3, -0.25) is 9.48 Å². The summed E-state index contributed by atoms with van der Waals surface area (Å²) in [5, 5.41) is 12.4. The number of carboxylic acid groups (broad SMARTS) is 1. The van der Waals surface area contributed by atoms with Crippen LogP contribution in [0.5, 0.6) is 0 Å². The van der Waals surface area contributed by atoms with Gasteiger partial charge in [-0.05, 0) is 28.1 Å². The minimum absolute atomic E-state index is 0.0536. The molecule has 2 aromatic rings. The number of aromatic nitrogens is 2. The molecule has 0 spiro atoms. The number of hydrogen-bond acceptors (Lipinski definition) is 5. The second-order valence-electron chi connectivity index (χ2n) is 4.23. The second kappa shape index (κ2) is 6.00. The van der Waals surface area contributed by atoms with E-state index in [0.29, 0.717) is 10.4 Å². The Kier molecular flexibility index (Phi) is 4.49. The van der Waals surface area contributed by atoms with Crippen molar-refractivity contribution in [3.63, 3.8) is 0 Å². The predicted molar refractivity (Wildman–Crippen MR) is 74.9 cm³/mol. The van der Waals surface area contributed by atoms with E-state index in [9.17, 15) is 13.2 Å².